The summed E-state index contributed by atoms with van der Waals surface area (Å²) >= 11 is 12.3. The molecule has 1 saturated carbocycles. The van der Waals surface area contributed by atoms with E-state index < -0.39 is 0 Å². The summed E-state index contributed by atoms with van der Waals surface area (Å²) in [6, 6.07) is 6.40. The second-order valence-corrected chi connectivity index (χ2v) is 6.39. The summed E-state index contributed by atoms with van der Waals surface area (Å²) in [6.45, 7) is 4.36. The van der Waals surface area contributed by atoms with E-state index in [2.05, 4.69) is 11.8 Å². The lowest BCUT2D eigenvalue weighted by molar-refractivity contribution is 0.202. The van der Waals surface area contributed by atoms with Crippen LogP contribution in [0.25, 0.3) is 0 Å². The van der Waals surface area contributed by atoms with Gasteiger partial charge in [0.05, 0.1) is 10.0 Å². The second kappa shape index (κ2) is 7.65. The third kappa shape index (κ3) is 3.88. The number of hydrogen-bond donors (Lipinski definition) is 1. The predicted octanol–water partition coefficient (Wildman–Crippen LogP) is 4.65. The molecule has 20 heavy (non-hydrogen) atoms. The van der Waals surface area contributed by atoms with E-state index in [4.69, 9.17) is 28.9 Å². The molecule has 0 aliphatic heterocycles. The molecule has 2 N–H and O–H groups in total. The van der Waals surface area contributed by atoms with Crippen LogP contribution in [0.15, 0.2) is 18.2 Å². The number of benzene rings is 1. The largest absolute Gasteiger partial charge is 0.324 e. The molecule has 1 unspecified atom stereocenters. The van der Waals surface area contributed by atoms with Gasteiger partial charge in [-0.1, -0.05) is 55.1 Å². The van der Waals surface area contributed by atoms with Crippen molar-refractivity contribution in [3.05, 3.63) is 33.8 Å². The fraction of sp³-hybridized carbons (Fsp3) is 0.625. The smallest absolute Gasteiger partial charge is 0.0640 e. The molecular formula is C16H24Cl2N2. The van der Waals surface area contributed by atoms with Gasteiger partial charge in [0.25, 0.3) is 0 Å². The average Bonchev–Trinajstić information content (AvgIpc) is 2.96. The Bertz CT molecular complexity index is 430. The van der Waals surface area contributed by atoms with Gasteiger partial charge in [0.1, 0.15) is 0 Å². The highest BCUT2D eigenvalue weighted by Crippen LogP contribution is 2.31. The van der Waals surface area contributed by atoms with Crippen LogP contribution in [-0.4, -0.2) is 24.0 Å². The summed E-state index contributed by atoms with van der Waals surface area (Å²) in [5.74, 6) is 0. The molecule has 1 fully saturated rings. The van der Waals surface area contributed by atoms with E-state index in [-0.39, 0.29) is 6.04 Å². The zero-order chi connectivity index (χ0) is 14.5. The third-order valence-electron chi connectivity index (χ3n) is 4.36. The highest BCUT2D eigenvalue weighted by Gasteiger charge is 2.22. The van der Waals surface area contributed by atoms with Gasteiger partial charge in [-0.15, -0.1) is 0 Å². The maximum Gasteiger partial charge on any atom is 0.0640 e. The van der Waals surface area contributed by atoms with Crippen molar-refractivity contribution in [1.29, 1.82) is 0 Å². The Morgan fingerprint density at radius 2 is 2.00 bits per heavy atom. The number of hydrogen-bond acceptors (Lipinski definition) is 2. The van der Waals surface area contributed by atoms with Crippen molar-refractivity contribution in [2.45, 2.75) is 51.1 Å². The van der Waals surface area contributed by atoms with Crippen LogP contribution in [-0.2, 0) is 0 Å². The van der Waals surface area contributed by atoms with Crippen molar-refractivity contribution in [1.82, 2.24) is 4.90 Å². The number of nitrogens with two attached hydrogens (primary N) is 1. The Balaban J connectivity index is 1.93. The van der Waals surface area contributed by atoms with Crippen LogP contribution in [0.1, 0.15) is 50.6 Å². The lowest BCUT2D eigenvalue weighted by atomic mass is 10.0. The summed E-state index contributed by atoms with van der Waals surface area (Å²) < 4.78 is 0. The molecule has 0 spiro atoms. The number of rotatable bonds is 6. The Hall–Kier alpha value is -0.280. The van der Waals surface area contributed by atoms with E-state index in [1.54, 1.807) is 6.07 Å². The fourth-order valence-corrected chi connectivity index (χ4v) is 3.58. The minimum atomic E-state index is -0.0448. The molecule has 0 aromatic heterocycles. The third-order valence-corrected chi connectivity index (χ3v) is 5.19. The first-order valence-corrected chi connectivity index (χ1v) is 8.32. The van der Waals surface area contributed by atoms with Crippen molar-refractivity contribution in [2.24, 2.45) is 5.73 Å². The molecular weight excluding hydrogens is 291 g/mol. The van der Waals surface area contributed by atoms with Crippen molar-refractivity contribution >= 4 is 23.2 Å². The Morgan fingerprint density at radius 1 is 1.30 bits per heavy atom. The van der Waals surface area contributed by atoms with Crippen LogP contribution in [0, 0.1) is 0 Å². The monoisotopic (exact) mass is 314 g/mol. The zero-order valence-corrected chi connectivity index (χ0v) is 13.6. The summed E-state index contributed by atoms with van der Waals surface area (Å²) in [5, 5.41) is 1.19. The van der Waals surface area contributed by atoms with Gasteiger partial charge in [-0.25, -0.2) is 0 Å². The molecule has 0 amide bonds. The first kappa shape index (κ1) is 16.1. The van der Waals surface area contributed by atoms with Gasteiger partial charge in [-0.05, 0) is 37.4 Å². The van der Waals surface area contributed by atoms with Gasteiger partial charge >= 0.3 is 0 Å². The van der Waals surface area contributed by atoms with Crippen molar-refractivity contribution in [3.63, 3.8) is 0 Å². The Morgan fingerprint density at radius 3 is 2.65 bits per heavy atom. The lowest BCUT2D eigenvalue weighted by Crippen LogP contribution is -2.35. The maximum absolute atomic E-state index is 6.30. The van der Waals surface area contributed by atoms with E-state index in [0.717, 1.165) is 31.1 Å². The van der Waals surface area contributed by atoms with E-state index >= 15 is 0 Å². The average molecular weight is 315 g/mol. The van der Waals surface area contributed by atoms with Crippen LogP contribution >= 0.6 is 23.2 Å². The van der Waals surface area contributed by atoms with Crippen LogP contribution in [0.3, 0.4) is 0 Å². The molecule has 112 valence electrons. The van der Waals surface area contributed by atoms with Gasteiger partial charge in [-0.3, -0.25) is 0 Å². The van der Waals surface area contributed by atoms with Crippen LogP contribution in [0.2, 0.25) is 10.0 Å². The lowest BCUT2D eigenvalue weighted by Gasteiger charge is -2.28. The predicted molar refractivity (Wildman–Crippen MR) is 87.5 cm³/mol. The first-order chi connectivity index (χ1) is 9.63. The molecule has 2 nitrogen and oxygen atoms in total. The SMILES string of the molecule is CCN(CCC(N)c1cccc(Cl)c1Cl)C1CCCC1. The van der Waals surface area contributed by atoms with E-state index in [1.165, 1.54) is 25.7 Å². The van der Waals surface area contributed by atoms with Crippen molar-refractivity contribution in [2.75, 3.05) is 13.1 Å². The van der Waals surface area contributed by atoms with Crippen molar-refractivity contribution < 1.29 is 0 Å². The van der Waals surface area contributed by atoms with Gasteiger partial charge in [0.15, 0.2) is 0 Å². The molecule has 0 radical (unpaired) electrons. The molecule has 1 aliphatic rings. The normalized spacial score (nSPS) is 17.9. The minimum Gasteiger partial charge on any atom is -0.324 e. The summed E-state index contributed by atoms with van der Waals surface area (Å²) in [5.41, 5.74) is 7.26. The van der Waals surface area contributed by atoms with E-state index in [1.807, 2.05) is 12.1 Å². The highest BCUT2D eigenvalue weighted by atomic mass is 35.5. The molecule has 0 heterocycles. The molecule has 2 rings (SSSR count). The second-order valence-electron chi connectivity index (χ2n) is 5.61. The molecule has 4 heteroatoms. The number of nitrogens with zero attached hydrogens (tertiary/aromatic N) is 1. The maximum atomic E-state index is 6.30. The van der Waals surface area contributed by atoms with E-state index in [0.29, 0.717) is 10.0 Å². The van der Waals surface area contributed by atoms with Crippen molar-refractivity contribution in [3.8, 4) is 0 Å². The van der Waals surface area contributed by atoms with Crippen LogP contribution in [0.4, 0.5) is 0 Å². The van der Waals surface area contributed by atoms with Gasteiger partial charge in [0.2, 0.25) is 0 Å². The Labute approximate surface area is 132 Å². The summed E-state index contributed by atoms with van der Waals surface area (Å²) in [7, 11) is 0. The molecule has 0 saturated heterocycles. The topological polar surface area (TPSA) is 29.3 Å². The standard InChI is InChI=1S/C16H24Cl2N2/c1-2-20(12-6-3-4-7-12)11-10-15(19)13-8-5-9-14(17)16(13)18/h5,8-9,12,15H,2-4,6-7,10-11,19H2,1H3. The molecule has 1 aromatic rings. The summed E-state index contributed by atoms with van der Waals surface area (Å²) in [4.78, 5) is 2.56. The highest BCUT2D eigenvalue weighted by molar-refractivity contribution is 6.42. The Kier molecular flexibility index (Phi) is 6.16. The molecule has 1 atom stereocenters. The zero-order valence-electron chi connectivity index (χ0n) is 12.1. The minimum absolute atomic E-state index is 0.0448. The van der Waals surface area contributed by atoms with Gasteiger partial charge < -0.3 is 10.6 Å². The molecule has 1 aliphatic carbocycles. The quantitative estimate of drug-likeness (QED) is 0.828. The van der Waals surface area contributed by atoms with Crippen LogP contribution in [0.5, 0.6) is 0 Å². The van der Waals surface area contributed by atoms with Gasteiger partial charge in [-0.2, -0.15) is 0 Å². The molecule has 0 bridgehead atoms. The number of halogens is 2. The molecule has 1 aromatic carbocycles. The van der Waals surface area contributed by atoms with E-state index in [9.17, 15) is 0 Å². The van der Waals surface area contributed by atoms with Crippen LogP contribution < -0.4 is 5.73 Å². The first-order valence-electron chi connectivity index (χ1n) is 7.57. The fourth-order valence-electron chi connectivity index (χ4n) is 3.14. The van der Waals surface area contributed by atoms with Gasteiger partial charge in [0, 0.05) is 18.6 Å². The summed E-state index contributed by atoms with van der Waals surface area (Å²) in [6.07, 6.45) is 6.33.